The van der Waals surface area contributed by atoms with Crippen molar-refractivity contribution in [3.63, 3.8) is 0 Å². The lowest BCUT2D eigenvalue weighted by molar-refractivity contribution is -0.137. The molecule has 0 saturated carbocycles. The van der Waals surface area contributed by atoms with Crippen LogP contribution in [0.25, 0.3) is 0 Å². The Morgan fingerprint density at radius 3 is 2.39 bits per heavy atom. The minimum atomic E-state index is -4.49. The molecule has 1 aliphatic rings. The fourth-order valence-corrected chi connectivity index (χ4v) is 4.27. The summed E-state index contributed by atoms with van der Waals surface area (Å²) in [6.45, 7) is 0.464. The predicted molar refractivity (Wildman–Crippen MR) is 111 cm³/mol. The Labute approximate surface area is 187 Å². The van der Waals surface area contributed by atoms with Crippen LogP contribution in [0.2, 0.25) is 0 Å². The second-order valence-electron chi connectivity index (χ2n) is 7.70. The maximum atomic E-state index is 13.0. The number of ketones is 1. The van der Waals surface area contributed by atoms with Gasteiger partial charge in [0, 0.05) is 30.5 Å². The van der Waals surface area contributed by atoms with Crippen molar-refractivity contribution in [2.75, 3.05) is 12.8 Å². The maximum Gasteiger partial charge on any atom is 0.416 e. The van der Waals surface area contributed by atoms with Crippen LogP contribution in [-0.2, 0) is 29.0 Å². The fourth-order valence-electron chi connectivity index (χ4n) is 3.73. The van der Waals surface area contributed by atoms with E-state index in [0.717, 1.165) is 41.6 Å². The average molecular weight is 477 g/mol. The Bertz CT molecular complexity index is 1350. The monoisotopic (exact) mass is 477 g/mol. The molecule has 0 aliphatic carbocycles. The average Bonchev–Trinajstić information content (AvgIpc) is 3.28. The van der Waals surface area contributed by atoms with Crippen LogP contribution in [0.15, 0.2) is 53.8 Å². The number of hydrogen-bond donors (Lipinski definition) is 1. The number of alkyl halides is 3. The molecular weight excluding hydrogens is 459 g/mol. The van der Waals surface area contributed by atoms with E-state index in [-0.39, 0.29) is 29.5 Å². The van der Waals surface area contributed by atoms with Gasteiger partial charge in [-0.1, -0.05) is 30.3 Å². The zero-order valence-corrected chi connectivity index (χ0v) is 18.1. The number of aromatic amines is 1. The molecule has 1 aromatic heterocycles. The van der Waals surface area contributed by atoms with Crippen molar-refractivity contribution >= 4 is 21.5 Å². The standard InChI is InChI=1S/C22H18F3N3O4S/c1-33(31,32)21-26-11-18(27-21)20(30)28-10-9-16-14(12-28)3-2-4-17(16)19(29)13-5-7-15(8-6-13)22(23,24)25/h2-8,11H,9-10,12H2,1H3,(H,26,27). The van der Waals surface area contributed by atoms with Gasteiger partial charge in [-0.3, -0.25) is 9.59 Å². The molecule has 33 heavy (non-hydrogen) atoms. The third-order valence-electron chi connectivity index (χ3n) is 5.41. The molecule has 1 amide bonds. The Morgan fingerprint density at radius 2 is 1.79 bits per heavy atom. The third kappa shape index (κ3) is 4.54. The lowest BCUT2D eigenvalue weighted by Gasteiger charge is -2.29. The minimum Gasteiger partial charge on any atom is -0.333 e. The van der Waals surface area contributed by atoms with Gasteiger partial charge in [-0.25, -0.2) is 13.4 Å². The second-order valence-corrected chi connectivity index (χ2v) is 9.63. The zero-order valence-electron chi connectivity index (χ0n) is 17.3. The lowest BCUT2D eigenvalue weighted by Crippen LogP contribution is -2.36. The predicted octanol–water partition coefficient (Wildman–Crippen LogP) is 3.26. The van der Waals surface area contributed by atoms with Crippen LogP contribution in [0, 0.1) is 0 Å². The molecule has 0 bridgehead atoms. The van der Waals surface area contributed by atoms with E-state index in [9.17, 15) is 31.2 Å². The van der Waals surface area contributed by atoms with Crippen molar-refractivity contribution in [1.82, 2.24) is 14.9 Å². The van der Waals surface area contributed by atoms with Crippen LogP contribution in [0.3, 0.4) is 0 Å². The number of halogens is 3. The summed E-state index contributed by atoms with van der Waals surface area (Å²) in [5.74, 6) is -0.825. The van der Waals surface area contributed by atoms with Gasteiger partial charge in [0.2, 0.25) is 15.0 Å². The molecule has 3 aromatic rings. The van der Waals surface area contributed by atoms with Crippen LogP contribution in [0.1, 0.15) is 43.1 Å². The summed E-state index contributed by atoms with van der Waals surface area (Å²) in [6, 6.07) is 9.09. The van der Waals surface area contributed by atoms with Gasteiger partial charge in [0.15, 0.2) is 5.78 Å². The van der Waals surface area contributed by atoms with Crippen molar-refractivity contribution in [1.29, 1.82) is 0 Å². The summed E-state index contributed by atoms with van der Waals surface area (Å²) >= 11 is 0. The van der Waals surface area contributed by atoms with Crippen LogP contribution < -0.4 is 0 Å². The molecule has 0 radical (unpaired) electrons. The number of nitrogens with zero attached hydrogens (tertiary/aromatic N) is 2. The number of rotatable bonds is 4. The number of fused-ring (bicyclic) bond motifs is 1. The van der Waals surface area contributed by atoms with Gasteiger partial charge in [-0.05, 0) is 29.7 Å². The van der Waals surface area contributed by atoms with Crippen molar-refractivity contribution in [3.8, 4) is 0 Å². The molecule has 4 rings (SSSR count). The molecule has 1 aliphatic heterocycles. The smallest absolute Gasteiger partial charge is 0.333 e. The van der Waals surface area contributed by atoms with Crippen LogP contribution >= 0.6 is 0 Å². The van der Waals surface area contributed by atoms with Gasteiger partial charge in [0.1, 0.15) is 5.69 Å². The number of nitrogens with one attached hydrogen (secondary N) is 1. The highest BCUT2D eigenvalue weighted by Crippen LogP contribution is 2.30. The fraction of sp³-hybridized carbons (Fsp3) is 0.227. The Balaban J connectivity index is 1.56. The van der Waals surface area contributed by atoms with Crippen LogP contribution in [0.5, 0.6) is 0 Å². The minimum absolute atomic E-state index is 0.0378. The van der Waals surface area contributed by atoms with E-state index in [2.05, 4.69) is 9.97 Å². The number of carbonyl (C=O) groups is 2. The molecule has 7 nitrogen and oxygen atoms in total. The van der Waals surface area contributed by atoms with E-state index in [1.54, 1.807) is 18.2 Å². The van der Waals surface area contributed by atoms with Crippen molar-refractivity contribution in [2.45, 2.75) is 24.3 Å². The van der Waals surface area contributed by atoms with Crippen LogP contribution in [0.4, 0.5) is 13.2 Å². The molecule has 0 atom stereocenters. The molecule has 0 fully saturated rings. The van der Waals surface area contributed by atoms with Crippen LogP contribution in [-0.4, -0.2) is 47.8 Å². The first-order valence-corrected chi connectivity index (χ1v) is 11.7. The van der Waals surface area contributed by atoms with Gasteiger partial charge in [-0.2, -0.15) is 13.2 Å². The zero-order chi connectivity index (χ0) is 24.0. The first-order chi connectivity index (χ1) is 15.4. The highest BCUT2D eigenvalue weighted by molar-refractivity contribution is 7.90. The first-order valence-electron chi connectivity index (χ1n) is 9.82. The van der Waals surface area contributed by atoms with E-state index >= 15 is 0 Å². The summed E-state index contributed by atoms with van der Waals surface area (Å²) in [4.78, 5) is 33.5. The number of aromatic nitrogens is 2. The van der Waals surface area contributed by atoms with E-state index in [4.69, 9.17) is 0 Å². The second kappa shape index (κ2) is 8.14. The van der Waals surface area contributed by atoms with Gasteiger partial charge in [0.25, 0.3) is 5.91 Å². The molecular formula is C22H18F3N3O4S. The molecule has 0 unspecified atom stereocenters. The van der Waals surface area contributed by atoms with Crippen molar-refractivity contribution in [3.05, 3.63) is 82.2 Å². The molecule has 11 heteroatoms. The maximum absolute atomic E-state index is 13.0. The van der Waals surface area contributed by atoms with Crippen molar-refractivity contribution < 1.29 is 31.2 Å². The van der Waals surface area contributed by atoms with E-state index < -0.39 is 33.3 Å². The number of H-pyrrole nitrogens is 1. The number of hydrogen-bond acceptors (Lipinski definition) is 5. The van der Waals surface area contributed by atoms with E-state index in [0.29, 0.717) is 12.0 Å². The third-order valence-corrected chi connectivity index (χ3v) is 6.32. The molecule has 2 heterocycles. The number of imidazole rings is 1. The highest BCUT2D eigenvalue weighted by Gasteiger charge is 2.31. The van der Waals surface area contributed by atoms with E-state index in [1.165, 1.54) is 11.1 Å². The number of benzene rings is 2. The topological polar surface area (TPSA) is 100 Å². The summed E-state index contributed by atoms with van der Waals surface area (Å²) in [5, 5.41) is -0.298. The van der Waals surface area contributed by atoms with E-state index in [1.807, 2.05) is 0 Å². The molecule has 0 saturated heterocycles. The highest BCUT2D eigenvalue weighted by atomic mass is 32.2. The number of sulfone groups is 1. The Kier molecular flexibility index (Phi) is 5.61. The summed E-state index contributed by atoms with van der Waals surface area (Å²) in [6.07, 6.45) is -1.98. The number of amides is 1. The van der Waals surface area contributed by atoms with Gasteiger partial charge in [0.05, 0.1) is 11.8 Å². The van der Waals surface area contributed by atoms with Gasteiger partial charge in [-0.15, -0.1) is 0 Å². The summed E-state index contributed by atoms with van der Waals surface area (Å²) in [7, 11) is -3.58. The normalized spacial score (nSPS) is 14.1. The van der Waals surface area contributed by atoms with Crippen molar-refractivity contribution in [2.24, 2.45) is 0 Å². The number of carbonyl (C=O) groups excluding carboxylic acids is 2. The largest absolute Gasteiger partial charge is 0.416 e. The lowest BCUT2D eigenvalue weighted by atomic mass is 9.90. The quantitative estimate of drug-likeness (QED) is 0.582. The Hall–Kier alpha value is -3.47. The molecule has 0 spiro atoms. The first kappa shape index (κ1) is 22.7. The molecule has 172 valence electrons. The molecule has 1 N–H and O–H groups in total. The SMILES string of the molecule is CS(=O)(=O)c1ncc(C(=O)N2CCc3c(cccc3C(=O)c3ccc(C(F)(F)F)cc3)C2)[nH]1. The van der Waals surface area contributed by atoms with Gasteiger partial charge < -0.3 is 9.88 Å². The summed E-state index contributed by atoms with van der Waals surface area (Å²) in [5.41, 5.74) is 1.18. The summed E-state index contributed by atoms with van der Waals surface area (Å²) < 4.78 is 61.6. The van der Waals surface area contributed by atoms with Gasteiger partial charge >= 0.3 is 6.18 Å². The molecule has 2 aromatic carbocycles. The Morgan fingerprint density at radius 1 is 1.09 bits per heavy atom.